The van der Waals surface area contributed by atoms with E-state index in [1.165, 1.54) is 21.2 Å². The molecule has 2 aliphatic rings. The minimum absolute atomic E-state index is 0.0628. The largest absolute Gasteiger partial charge is 0.337 e. The van der Waals surface area contributed by atoms with Gasteiger partial charge in [0.15, 0.2) is 0 Å². The number of sulfonamides is 1. The number of nitrogens with zero attached hydrogens (tertiary/aromatic N) is 2. The summed E-state index contributed by atoms with van der Waals surface area (Å²) < 4.78 is 27.4. The van der Waals surface area contributed by atoms with Gasteiger partial charge in [-0.15, -0.1) is 11.3 Å². The Labute approximate surface area is 151 Å². The van der Waals surface area contributed by atoms with E-state index in [0.29, 0.717) is 30.3 Å². The van der Waals surface area contributed by atoms with Crippen molar-refractivity contribution in [3.8, 4) is 0 Å². The van der Waals surface area contributed by atoms with Crippen LogP contribution in [0.1, 0.15) is 24.0 Å². The van der Waals surface area contributed by atoms with Gasteiger partial charge in [-0.1, -0.05) is 30.3 Å². The Morgan fingerprint density at radius 2 is 1.88 bits per heavy atom. The van der Waals surface area contributed by atoms with E-state index < -0.39 is 16.1 Å². The van der Waals surface area contributed by atoms with Crippen molar-refractivity contribution >= 4 is 27.3 Å². The van der Waals surface area contributed by atoms with Crippen LogP contribution in [-0.4, -0.2) is 42.7 Å². The number of carbonyl (C=O) groups is 1. The molecule has 1 aromatic carbocycles. The van der Waals surface area contributed by atoms with Gasteiger partial charge in [-0.05, 0) is 41.8 Å². The van der Waals surface area contributed by atoms with E-state index in [1.54, 1.807) is 17.5 Å². The Balaban J connectivity index is 1.56. The lowest BCUT2D eigenvalue weighted by Gasteiger charge is -2.33. The highest BCUT2D eigenvalue weighted by Crippen LogP contribution is 2.30. The van der Waals surface area contributed by atoms with E-state index in [9.17, 15) is 13.2 Å². The number of hydrogen-bond acceptors (Lipinski definition) is 4. The van der Waals surface area contributed by atoms with Crippen LogP contribution in [-0.2, 0) is 27.8 Å². The molecule has 1 amide bonds. The molecule has 132 valence electrons. The molecular weight excluding hydrogens is 356 g/mol. The summed E-state index contributed by atoms with van der Waals surface area (Å²) in [6.45, 7) is 1.64. The first kappa shape index (κ1) is 16.8. The van der Waals surface area contributed by atoms with Gasteiger partial charge >= 0.3 is 0 Å². The highest BCUT2D eigenvalue weighted by atomic mass is 32.2. The van der Waals surface area contributed by atoms with Gasteiger partial charge in [-0.2, -0.15) is 4.31 Å². The molecule has 0 spiro atoms. The van der Waals surface area contributed by atoms with Crippen LogP contribution in [0.4, 0.5) is 0 Å². The minimum atomic E-state index is -3.58. The molecule has 1 unspecified atom stereocenters. The molecular formula is C18H20N2O3S2. The molecule has 0 saturated carbocycles. The van der Waals surface area contributed by atoms with Gasteiger partial charge in [0, 0.05) is 19.6 Å². The fraction of sp³-hybridized carbons (Fsp3) is 0.389. The highest BCUT2D eigenvalue weighted by Gasteiger charge is 2.41. The zero-order valence-corrected chi connectivity index (χ0v) is 15.4. The second-order valence-corrected chi connectivity index (χ2v) is 9.55. The van der Waals surface area contributed by atoms with Crippen molar-refractivity contribution in [2.24, 2.45) is 0 Å². The monoisotopic (exact) mass is 376 g/mol. The zero-order chi connectivity index (χ0) is 17.4. The SMILES string of the molecule is O=C(C1CCCN1S(=O)(=O)c1cccs1)N1CCc2ccccc2C1. The first-order valence-electron chi connectivity index (χ1n) is 8.48. The number of amides is 1. The summed E-state index contributed by atoms with van der Waals surface area (Å²) in [5.74, 6) is -0.0628. The minimum Gasteiger partial charge on any atom is -0.337 e. The number of fused-ring (bicyclic) bond motifs is 1. The molecule has 1 saturated heterocycles. The lowest BCUT2D eigenvalue weighted by molar-refractivity contribution is -0.135. The van der Waals surface area contributed by atoms with E-state index in [2.05, 4.69) is 6.07 Å². The third kappa shape index (κ3) is 3.01. The zero-order valence-electron chi connectivity index (χ0n) is 13.8. The molecule has 7 heteroatoms. The van der Waals surface area contributed by atoms with E-state index in [4.69, 9.17) is 0 Å². The third-order valence-corrected chi connectivity index (χ3v) is 8.27. The standard InChI is InChI=1S/C18H20N2O3S2/c21-18(19-11-9-14-5-1-2-6-15(14)13-19)16-7-3-10-20(16)25(22,23)17-8-4-12-24-17/h1-2,4-6,8,12,16H,3,7,9-11,13H2. The Bertz CT molecular complexity index is 877. The summed E-state index contributed by atoms with van der Waals surface area (Å²) >= 11 is 1.20. The second kappa shape index (κ2) is 6.55. The van der Waals surface area contributed by atoms with Crippen molar-refractivity contribution in [2.45, 2.75) is 36.1 Å². The van der Waals surface area contributed by atoms with Crippen LogP contribution in [0, 0.1) is 0 Å². The average Bonchev–Trinajstić information content (AvgIpc) is 3.32. The van der Waals surface area contributed by atoms with Crippen LogP contribution < -0.4 is 0 Å². The van der Waals surface area contributed by atoms with Gasteiger partial charge in [-0.25, -0.2) is 8.42 Å². The van der Waals surface area contributed by atoms with Crippen molar-refractivity contribution < 1.29 is 13.2 Å². The van der Waals surface area contributed by atoms with Crippen molar-refractivity contribution in [1.82, 2.24) is 9.21 Å². The first-order chi connectivity index (χ1) is 12.1. The van der Waals surface area contributed by atoms with Crippen molar-refractivity contribution in [3.63, 3.8) is 0 Å². The Morgan fingerprint density at radius 1 is 1.08 bits per heavy atom. The topological polar surface area (TPSA) is 57.7 Å². The van der Waals surface area contributed by atoms with E-state index in [1.807, 2.05) is 23.1 Å². The summed E-state index contributed by atoms with van der Waals surface area (Å²) in [5.41, 5.74) is 2.44. The van der Waals surface area contributed by atoms with Gasteiger partial charge in [0.25, 0.3) is 10.0 Å². The maximum Gasteiger partial charge on any atom is 0.253 e. The normalized spacial score (nSPS) is 21.3. The molecule has 2 aromatic rings. The molecule has 0 bridgehead atoms. The van der Waals surface area contributed by atoms with Gasteiger partial charge in [0.1, 0.15) is 10.3 Å². The molecule has 4 rings (SSSR count). The molecule has 25 heavy (non-hydrogen) atoms. The molecule has 5 nitrogen and oxygen atoms in total. The molecule has 0 aliphatic carbocycles. The highest BCUT2D eigenvalue weighted by molar-refractivity contribution is 7.91. The van der Waals surface area contributed by atoms with E-state index >= 15 is 0 Å². The average molecular weight is 377 g/mol. The van der Waals surface area contributed by atoms with Crippen LogP contribution >= 0.6 is 11.3 Å². The lowest BCUT2D eigenvalue weighted by Crippen LogP contribution is -2.48. The van der Waals surface area contributed by atoms with Gasteiger partial charge in [-0.3, -0.25) is 4.79 Å². The number of benzene rings is 1. The van der Waals surface area contributed by atoms with Crippen LogP contribution in [0.5, 0.6) is 0 Å². The molecule has 1 atom stereocenters. The second-order valence-electron chi connectivity index (χ2n) is 6.48. The summed E-state index contributed by atoms with van der Waals surface area (Å²) in [5, 5.41) is 1.75. The Morgan fingerprint density at radius 3 is 2.64 bits per heavy atom. The summed E-state index contributed by atoms with van der Waals surface area (Å²) in [4.78, 5) is 14.9. The molecule has 0 radical (unpaired) electrons. The fourth-order valence-electron chi connectivity index (χ4n) is 3.70. The van der Waals surface area contributed by atoms with Gasteiger partial charge in [0.2, 0.25) is 5.91 Å². The molecule has 2 aliphatic heterocycles. The quantitative estimate of drug-likeness (QED) is 0.827. The maximum absolute atomic E-state index is 13.1. The van der Waals surface area contributed by atoms with Crippen LogP contribution in [0.15, 0.2) is 46.0 Å². The van der Waals surface area contributed by atoms with Crippen molar-refractivity contribution in [1.29, 1.82) is 0 Å². The number of hydrogen-bond donors (Lipinski definition) is 0. The lowest BCUT2D eigenvalue weighted by atomic mass is 9.99. The predicted molar refractivity (Wildman–Crippen MR) is 96.8 cm³/mol. The van der Waals surface area contributed by atoms with Gasteiger partial charge < -0.3 is 4.90 Å². The number of carbonyl (C=O) groups excluding carboxylic acids is 1. The van der Waals surface area contributed by atoms with E-state index in [0.717, 1.165) is 18.4 Å². The summed E-state index contributed by atoms with van der Waals surface area (Å²) in [6, 6.07) is 10.9. The summed E-state index contributed by atoms with van der Waals surface area (Å²) in [7, 11) is -3.58. The molecule has 3 heterocycles. The smallest absolute Gasteiger partial charge is 0.253 e. The fourth-order valence-corrected chi connectivity index (χ4v) is 6.47. The molecule has 1 aromatic heterocycles. The molecule has 1 fully saturated rings. The molecule has 0 N–H and O–H groups in total. The Kier molecular flexibility index (Phi) is 4.39. The maximum atomic E-state index is 13.1. The van der Waals surface area contributed by atoms with E-state index in [-0.39, 0.29) is 5.91 Å². The van der Waals surface area contributed by atoms with Crippen molar-refractivity contribution in [2.75, 3.05) is 13.1 Å². The predicted octanol–water partition coefficient (Wildman–Crippen LogP) is 2.49. The van der Waals surface area contributed by atoms with Crippen LogP contribution in [0.2, 0.25) is 0 Å². The van der Waals surface area contributed by atoms with Gasteiger partial charge in [0.05, 0.1) is 0 Å². The first-order valence-corrected chi connectivity index (χ1v) is 10.8. The number of rotatable bonds is 3. The summed E-state index contributed by atoms with van der Waals surface area (Å²) in [6.07, 6.45) is 2.15. The van der Waals surface area contributed by atoms with Crippen LogP contribution in [0.25, 0.3) is 0 Å². The number of thiophene rings is 1. The van der Waals surface area contributed by atoms with Crippen molar-refractivity contribution in [3.05, 3.63) is 52.9 Å². The third-order valence-electron chi connectivity index (χ3n) is 4.99. The van der Waals surface area contributed by atoms with Crippen LogP contribution in [0.3, 0.4) is 0 Å². The Hall–Kier alpha value is -1.70.